The highest BCUT2D eigenvalue weighted by molar-refractivity contribution is 7.89. The minimum absolute atomic E-state index is 0.301. The monoisotopic (exact) mass is 296 g/mol. The van der Waals surface area contributed by atoms with E-state index in [9.17, 15) is 8.42 Å². The van der Waals surface area contributed by atoms with Gasteiger partial charge < -0.3 is 5.32 Å². The fourth-order valence-electron chi connectivity index (χ4n) is 2.63. The zero-order valence-electron chi connectivity index (χ0n) is 12.4. The van der Waals surface area contributed by atoms with Gasteiger partial charge in [-0.05, 0) is 62.4 Å². The number of benzene rings is 1. The van der Waals surface area contributed by atoms with Crippen molar-refractivity contribution in [2.45, 2.75) is 50.5 Å². The zero-order chi connectivity index (χ0) is 14.8. The third kappa shape index (κ3) is 3.73. The van der Waals surface area contributed by atoms with E-state index in [1.807, 2.05) is 12.1 Å². The lowest BCUT2D eigenvalue weighted by Crippen LogP contribution is -2.29. The first-order chi connectivity index (χ1) is 9.32. The van der Waals surface area contributed by atoms with Gasteiger partial charge in [-0.2, -0.15) is 0 Å². The quantitative estimate of drug-likeness (QED) is 0.898. The Morgan fingerprint density at radius 1 is 1.10 bits per heavy atom. The van der Waals surface area contributed by atoms with Crippen molar-refractivity contribution in [3.05, 3.63) is 24.3 Å². The molecule has 1 fully saturated rings. The summed E-state index contributed by atoms with van der Waals surface area (Å²) in [6.07, 6.45) is 4.81. The maximum atomic E-state index is 11.6. The lowest BCUT2D eigenvalue weighted by Gasteiger charge is -2.35. The number of rotatable bonds is 4. The molecule has 1 aliphatic rings. The minimum atomic E-state index is -3.34. The van der Waals surface area contributed by atoms with Crippen molar-refractivity contribution in [1.82, 2.24) is 4.72 Å². The van der Waals surface area contributed by atoms with E-state index in [-0.39, 0.29) is 0 Å². The molecule has 1 aliphatic carbocycles. The summed E-state index contributed by atoms with van der Waals surface area (Å²) in [5.41, 5.74) is 1.45. The van der Waals surface area contributed by atoms with Crippen LogP contribution in [0.3, 0.4) is 0 Å². The Balaban J connectivity index is 1.98. The van der Waals surface area contributed by atoms with Crippen molar-refractivity contribution in [3.8, 4) is 0 Å². The topological polar surface area (TPSA) is 58.2 Å². The third-order valence-corrected chi connectivity index (χ3v) is 5.57. The molecular weight excluding hydrogens is 272 g/mol. The van der Waals surface area contributed by atoms with E-state index < -0.39 is 10.0 Å². The molecule has 0 bridgehead atoms. The smallest absolute Gasteiger partial charge is 0.240 e. The Hall–Kier alpha value is -1.07. The third-order valence-electron chi connectivity index (χ3n) is 4.14. The lowest BCUT2D eigenvalue weighted by molar-refractivity contribution is 0.232. The standard InChI is InChI=1S/C15H24N2O2S/c1-15(2)10-8-13(9-11-15)17-12-4-6-14(7-5-12)20(18,19)16-3/h4-7,13,16-17H,8-11H2,1-3H3. The molecule has 0 aromatic heterocycles. The molecule has 0 atom stereocenters. The fourth-order valence-corrected chi connectivity index (χ4v) is 3.36. The van der Waals surface area contributed by atoms with Gasteiger partial charge in [-0.25, -0.2) is 13.1 Å². The molecule has 4 nitrogen and oxygen atoms in total. The predicted octanol–water partition coefficient (Wildman–Crippen LogP) is 2.98. The number of nitrogens with one attached hydrogen (secondary N) is 2. The van der Waals surface area contributed by atoms with Crippen LogP contribution in [0.4, 0.5) is 5.69 Å². The number of hydrogen-bond acceptors (Lipinski definition) is 3. The van der Waals surface area contributed by atoms with Gasteiger partial charge in [-0.1, -0.05) is 13.8 Å². The molecule has 0 radical (unpaired) electrons. The van der Waals surface area contributed by atoms with Gasteiger partial charge in [-0.15, -0.1) is 0 Å². The molecule has 0 saturated heterocycles. The van der Waals surface area contributed by atoms with Crippen molar-refractivity contribution in [1.29, 1.82) is 0 Å². The largest absolute Gasteiger partial charge is 0.382 e. The first-order valence-corrected chi connectivity index (χ1v) is 8.61. The van der Waals surface area contributed by atoms with Crippen molar-refractivity contribution in [3.63, 3.8) is 0 Å². The molecule has 1 aromatic carbocycles. The molecule has 1 aromatic rings. The average Bonchev–Trinajstić information content (AvgIpc) is 2.42. The second kappa shape index (κ2) is 5.74. The summed E-state index contributed by atoms with van der Waals surface area (Å²) in [6.45, 7) is 4.64. The van der Waals surface area contributed by atoms with Crippen LogP contribution in [-0.2, 0) is 10.0 Å². The highest BCUT2D eigenvalue weighted by Crippen LogP contribution is 2.36. The summed E-state index contributed by atoms with van der Waals surface area (Å²) in [6, 6.07) is 7.45. The Morgan fingerprint density at radius 3 is 2.15 bits per heavy atom. The van der Waals surface area contributed by atoms with Crippen molar-refractivity contribution in [2.24, 2.45) is 5.41 Å². The van der Waals surface area contributed by atoms with E-state index >= 15 is 0 Å². The number of sulfonamides is 1. The van der Waals surface area contributed by atoms with Crippen molar-refractivity contribution in [2.75, 3.05) is 12.4 Å². The van der Waals surface area contributed by atoms with E-state index in [2.05, 4.69) is 23.9 Å². The van der Waals surface area contributed by atoms with Crippen LogP contribution in [0.15, 0.2) is 29.2 Å². The predicted molar refractivity (Wildman–Crippen MR) is 82.3 cm³/mol. The average molecular weight is 296 g/mol. The van der Waals surface area contributed by atoms with Gasteiger partial charge in [0.15, 0.2) is 0 Å². The van der Waals surface area contributed by atoms with Crippen LogP contribution in [0.25, 0.3) is 0 Å². The molecule has 112 valence electrons. The van der Waals surface area contributed by atoms with Gasteiger partial charge in [0.2, 0.25) is 10.0 Å². The van der Waals surface area contributed by atoms with Crippen LogP contribution in [0.1, 0.15) is 39.5 Å². The van der Waals surface area contributed by atoms with E-state index in [0.29, 0.717) is 16.4 Å². The molecule has 0 heterocycles. The minimum Gasteiger partial charge on any atom is -0.382 e. The SMILES string of the molecule is CNS(=O)(=O)c1ccc(NC2CCC(C)(C)CC2)cc1. The Morgan fingerprint density at radius 2 is 1.65 bits per heavy atom. The number of anilines is 1. The zero-order valence-corrected chi connectivity index (χ0v) is 13.3. The summed E-state index contributed by atoms with van der Waals surface area (Å²) < 4.78 is 25.6. The summed E-state index contributed by atoms with van der Waals surface area (Å²) in [5.74, 6) is 0. The molecule has 5 heteroatoms. The van der Waals surface area contributed by atoms with E-state index in [0.717, 1.165) is 5.69 Å². The second-order valence-electron chi connectivity index (χ2n) is 6.31. The lowest BCUT2D eigenvalue weighted by atomic mass is 9.75. The molecule has 0 amide bonds. The van der Waals surface area contributed by atoms with Crippen LogP contribution < -0.4 is 10.0 Å². The van der Waals surface area contributed by atoms with Crippen molar-refractivity contribution >= 4 is 15.7 Å². The van der Waals surface area contributed by atoms with Crippen molar-refractivity contribution < 1.29 is 8.42 Å². The Kier molecular flexibility index (Phi) is 4.39. The normalized spacial score (nSPS) is 19.8. The van der Waals surface area contributed by atoms with Gasteiger partial charge in [0.1, 0.15) is 0 Å². The highest BCUT2D eigenvalue weighted by Gasteiger charge is 2.26. The summed E-state index contributed by atoms with van der Waals surface area (Å²) in [5, 5.41) is 3.50. The van der Waals surface area contributed by atoms with Crippen LogP contribution in [0.2, 0.25) is 0 Å². The molecule has 2 N–H and O–H groups in total. The maximum Gasteiger partial charge on any atom is 0.240 e. The van der Waals surface area contributed by atoms with E-state index in [4.69, 9.17) is 0 Å². The first kappa shape index (κ1) is 15.3. The van der Waals surface area contributed by atoms with Gasteiger partial charge in [0.05, 0.1) is 4.90 Å². The fraction of sp³-hybridized carbons (Fsp3) is 0.600. The van der Waals surface area contributed by atoms with Crippen LogP contribution in [0, 0.1) is 5.41 Å². The van der Waals surface area contributed by atoms with Gasteiger partial charge >= 0.3 is 0 Å². The summed E-state index contributed by atoms with van der Waals surface area (Å²) >= 11 is 0. The van der Waals surface area contributed by atoms with Crippen LogP contribution in [0.5, 0.6) is 0 Å². The molecule has 20 heavy (non-hydrogen) atoms. The first-order valence-electron chi connectivity index (χ1n) is 7.13. The van der Waals surface area contributed by atoms with E-state index in [1.54, 1.807) is 12.1 Å². The molecular formula is C15H24N2O2S. The Labute approximate surface area is 122 Å². The van der Waals surface area contributed by atoms with Crippen LogP contribution >= 0.6 is 0 Å². The molecule has 0 spiro atoms. The van der Waals surface area contributed by atoms with Gasteiger partial charge in [0, 0.05) is 11.7 Å². The number of hydrogen-bond donors (Lipinski definition) is 2. The maximum absolute atomic E-state index is 11.6. The van der Waals surface area contributed by atoms with Gasteiger partial charge in [0.25, 0.3) is 0 Å². The van der Waals surface area contributed by atoms with Crippen LogP contribution in [-0.4, -0.2) is 21.5 Å². The Bertz CT molecular complexity index is 540. The summed E-state index contributed by atoms with van der Waals surface area (Å²) in [7, 11) is -1.92. The molecule has 2 rings (SSSR count). The second-order valence-corrected chi connectivity index (χ2v) is 8.20. The molecule has 0 unspecified atom stereocenters. The summed E-state index contributed by atoms with van der Waals surface area (Å²) in [4.78, 5) is 0.301. The molecule has 1 saturated carbocycles. The molecule has 0 aliphatic heterocycles. The highest BCUT2D eigenvalue weighted by atomic mass is 32.2. The van der Waals surface area contributed by atoms with E-state index in [1.165, 1.54) is 32.7 Å². The van der Waals surface area contributed by atoms with Gasteiger partial charge in [-0.3, -0.25) is 0 Å².